The Kier molecular flexibility index (Phi) is 7.29. The lowest BCUT2D eigenvalue weighted by Gasteiger charge is -2.16. The third kappa shape index (κ3) is 5.62. The van der Waals surface area contributed by atoms with Crippen molar-refractivity contribution >= 4 is 27.6 Å². The van der Waals surface area contributed by atoms with Crippen LogP contribution in [0.4, 0.5) is 5.69 Å². The van der Waals surface area contributed by atoms with Crippen molar-refractivity contribution < 1.29 is 27.5 Å². The minimum atomic E-state index is -3.86. The molecule has 1 aliphatic rings. The lowest BCUT2D eigenvalue weighted by molar-refractivity contribution is 0.0526. The summed E-state index contributed by atoms with van der Waals surface area (Å²) in [6, 6.07) is 10.4. The first-order valence-electron chi connectivity index (χ1n) is 10.1. The number of methoxy groups -OCH3 is 1. The Morgan fingerprint density at radius 1 is 1.06 bits per heavy atom. The molecule has 0 unspecified atom stereocenters. The van der Waals surface area contributed by atoms with Crippen LogP contribution >= 0.6 is 0 Å². The zero-order chi connectivity index (χ0) is 22.4. The molecule has 0 bridgehead atoms. The molecule has 3 rings (SSSR count). The van der Waals surface area contributed by atoms with Gasteiger partial charge < -0.3 is 14.8 Å². The summed E-state index contributed by atoms with van der Waals surface area (Å²) in [5, 5.41) is 2.68. The summed E-state index contributed by atoms with van der Waals surface area (Å²) in [4.78, 5) is 24.6. The fourth-order valence-corrected chi connectivity index (χ4v) is 5.00. The van der Waals surface area contributed by atoms with E-state index < -0.39 is 21.9 Å². The van der Waals surface area contributed by atoms with E-state index in [1.807, 2.05) is 0 Å². The van der Waals surface area contributed by atoms with Gasteiger partial charge in [0.05, 0.1) is 19.3 Å². The summed E-state index contributed by atoms with van der Waals surface area (Å²) < 4.78 is 38.7. The van der Waals surface area contributed by atoms with Crippen LogP contribution in [0.5, 0.6) is 5.75 Å². The van der Waals surface area contributed by atoms with Gasteiger partial charge in [0, 0.05) is 17.3 Å². The predicted molar refractivity (Wildman–Crippen MR) is 116 cm³/mol. The summed E-state index contributed by atoms with van der Waals surface area (Å²) in [6.45, 7) is 1.95. The van der Waals surface area contributed by atoms with Crippen LogP contribution in [0, 0.1) is 0 Å². The van der Waals surface area contributed by atoms with Crippen LogP contribution in [-0.2, 0) is 14.8 Å². The fourth-order valence-electron chi connectivity index (χ4n) is 3.50. The number of rotatable bonds is 8. The second kappa shape index (κ2) is 9.93. The Hall–Kier alpha value is -2.91. The van der Waals surface area contributed by atoms with Gasteiger partial charge in [-0.25, -0.2) is 17.9 Å². The summed E-state index contributed by atoms with van der Waals surface area (Å²) in [7, 11) is -2.48. The number of ether oxygens (including phenoxy) is 2. The van der Waals surface area contributed by atoms with E-state index in [0.29, 0.717) is 11.3 Å². The van der Waals surface area contributed by atoms with Gasteiger partial charge in [-0.3, -0.25) is 4.79 Å². The molecule has 0 atom stereocenters. The number of esters is 1. The smallest absolute Gasteiger partial charge is 0.338 e. The highest BCUT2D eigenvalue weighted by Gasteiger charge is 2.26. The number of hydrogen-bond donors (Lipinski definition) is 2. The lowest BCUT2D eigenvalue weighted by atomic mass is 10.1. The highest BCUT2D eigenvalue weighted by molar-refractivity contribution is 7.89. The maximum absolute atomic E-state index is 12.9. The van der Waals surface area contributed by atoms with Gasteiger partial charge in [0.2, 0.25) is 10.0 Å². The maximum Gasteiger partial charge on any atom is 0.338 e. The van der Waals surface area contributed by atoms with Crippen molar-refractivity contribution in [2.24, 2.45) is 0 Å². The van der Waals surface area contributed by atoms with E-state index in [-0.39, 0.29) is 28.9 Å². The van der Waals surface area contributed by atoms with Crippen LogP contribution in [0.2, 0.25) is 0 Å². The third-order valence-corrected chi connectivity index (χ3v) is 6.57. The van der Waals surface area contributed by atoms with Gasteiger partial charge in [0.25, 0.3) is 5.91 Å². The molecular formula is C22H26N2O6S. The number of amides is 1. The van der Waals surface area contributed by atoms with Crippen molar-refractivity contribution in [3.8, 4) is 5.75 Å². The van der Waals surface area contributed by atoms with Crippen molar-refractivity contribution in [1.82, 2.24) is 4.72 Å². The van der Waals surface area contributed by atoms with Crippen LogP contribution in [0.3, 0.4) is 0 Å². The minimum Gasteiger partial charge on any atom is -0.495 e. The van der Waals surface area contributed by atoms with Gasteiger partial charge >= 0.3 is 5.97 Å². The Morgan fingerprint density at radius 2 is 1.81 bits per heavy atom. The Morgan fingerprint density at radius 3 is 2.48 bits per heavy atom. The summed E-state index contributed by atoms with van der Waals surface area (Å²) in [5.74, 6) is -0.846. The molecule has 1 amide bonds. The molecule has 1 fully saturated rings. The van der Waals surface area contributed by atoms with Gasteiger partial charge in [0.1, 0.15) is 10.6 Å². The number of carbonyl (C=O) groups excluding carboxylic acids is 2. The number of benzene rings is 2. The van der Waals surface area contributed by atoms with E-state index in [9.17, 15) is 18.0 Å². The van der Waals surface area contributed by atoms with Crippen molar-refractivity contribution in [3.05, 3.63) is 53.6 Å². The molecule has 0 aromatic heterocycles. The fraction of sp³-hybridized carbons (Fsp3) is 0.364. The Labute approximate surface area is 182 Å². The van der Waals surface area contributed by atoms with Crippen LogP contribution in [0.1, 0.15) is 53.3 Å². The monoisotopic (exact) mass is 446 g/mol. The van der Waals surface area contributed by atoms with E-state index in [4.69, 9.17) is 9.47 Å². The van der Waals surface area contributed by atoms with Crippen LogP contribution in [0.15, 0.2) is 47.4 Å². The first kappa shape index (κ1) is 22.8. The number of carbonyl (C=O) groups is 2. The predicted octanol–water partition coefficient (Wildman–Crippen LogP) is 3.35. The molecule has 0 radical (unpaired) electrons. The molecular weight excluding hydrogens is 420 g/mol. The van der Waals surface area contributed by atoms with Gasteiger partial charge in [-0.1, -0.05) is 18.9 Å². The number of nitrogens with one attached hydrogen (secondary N) is 2. The van der Waals surface area contributed by atoms with E-state index in [1.165, 1.54) is 31.4 Å². The van der Waals surface area contributed by atoms with Gasteiger partial charge in [-0.2, -0.15) is 0 Å². The molecule has 0 heterocycles. The first-order valence-corrected chi connectivity index (χ1v) is 11.6. The normalized spacial score (nSPS) is 14.3. The van der Waals surface area contributed by atoms with E-state index in [1.54, 1.807) is 25.1 Å². The van der Waals surface area contributed by atoms with Crippen molar-refractivity contribution in [1.29, 1.82) is 0 Å². The molecule has 9 heteroatoms. The van der Waals surface area contributed by atoms with Crippen molar-refractivity contribution in [2.75, 3.05) is 19.0 Å². The molecule has 0 spiro atoms. The third-order valence-electron chi connectivity index (χ3n) is 5.02. The second-order valence-electron chi connectivity index (χ2n) is 7.22. The van der Waals surface area contributed by atoms with Crippen molar-refractivity contribution in [2.45, 2.75) is 43.5 Å². The molecule has 8 nitrogen and oxygen atoms in total. The van der Waals surface area contributed by atoms with Gasteiger partial charge in [-0.05, 0) is 56.2 Å². The van der Waals surface area contributed by atoms with Gasteiger partial charge in [0.15, 0.2) is 0 Å². The van der Waals surface area contributed by atoms with E-state index in [0.717, 1.165) is 25.7 Å². The first-order chi connectivity index (χ1) is 14.8. The molecule has 31 heavy (non-hydrogen) atoms. The Bertz CT molecular complexity index is 1060. The average molecular weight is 447 g/mol. The molecule has 0 aliphatic heterocycles. The lowest BCUT2D eigenvalue weighted by Crippen LogP contribution is -2.33. The quantitative estimate of drug-likeness (QED) is 0.602. The molecule has 2 aromatic rings. The van der Waals surface area contributed by atoms with Gasteiger partial charge in [-0.15, -0.1) is 0 Å². The second-order valence-corrected chi connectivity index (χ2v) is 8.91. The van der Waals surface area contributed by atoms with Crippen molar-refractivity contribution in [3.63, 3.8) is 0 Å². The summed E-state index contributed by atoms with van der Waals surface area (Å²) in [5.41, 5.74) is 0.840. The van der Waals surface area contributed by atoms with Crippen LogP contribution in [-0.4, -0.2) is 40.1 Å². The van der Waals surface area contributed by atoms with E-state index >= 15 is 0 Å². The Balaban J connectivity index is 1.83. The zero-order valence-corrected chi connectivity index (χ0v) is 18.3. The number of sulfonamides is 1. The highest BCUT2D eigenvalue weighted by atomic mass is 32.2. The maximum atomic E-state index is 12.9. The summed E-state index contributed by atoms with van der Waals surface area (Å²) in [6.07, 6.45) is 3.55. The largest absolute Gasteiger partial charge is 0.495 e. The SMILES string of the molecule is CCOC(=O)c1cccc(NC(=O)c2ccc(OC)c(S(=O)(=O)NC3CCCC3)c2)c1. The highest BCUT2D eigenvalue weighted by Crippen LogP contribution is 2.27. The molecule has 0 saturated heterocycles. The molecule has 1 aliphatic carbocycles. The average Bonchev–Trinajstić information content (AvgIpc) is 3.26. The standard InChI is InChI=1S/C22H26N2O6S/c1-3-30-22(26)16-7-6-10-18(13-16)23-21(25)15-11-12-19(29-2)20(14-15)31(27,28)24-17-8-4-5-9-17/h6-7,10-14,17,24H,3-5,8-9H2,1-2H3,(H,23,25). The topological polar surface area (TPSA) is 111 Å². The van der Waals surface area contributed by atoms with Crippen LogP contribution in [0.25, 0.3) is 0 Å². The molecule has 166 valence electrons. The van der Waals surface area contributed by atoms with Crippen LogP contribution < -0.4 is 14.8 Å². The summed E-state index contributed by atoms with van der Waals surface area (Å²) >= 11 is 0. The molecule has 2 aromatic carbocycles. The number of hydrogen-bond acceptors (Lipinski definition) is 6. The number of anilines is 1. The molecule has 2 N–H and O–H groups in total. The molecule has 1 saturated carbocycles. The van der Waals surface area contributed by atoms with E-state index in [2.05, 4.69) is 10.0 Å². The minimum absolute atomic E-state index is 0.0881. The zero-order valence-electron chi connectivity index (χ0n) is 17.5.